The van der Waals surface area contributed by atoms with Crippen LogP contribution < -0.4 is 5.46 Å². The summed E-state index contributed by atoms with van der Waals surface area (Å²) >= 11 is 0. The molecule has 7 heteroatoms. The van der Waals surface area contributed by atoms with Crippen LogP contribution in [0.25, 0.3) is 10.8 Å². The highest BCUT2D eigenvalue weighted by atomic mass is 16.6. The lowest BCUT2D eigenvalue weighted by atomic mass is 9.93. The van der Waals surface area contributed by atoms with Gasteiger partial charge in [0.25, 0.3) is 0 Å². The zero-order valence-electron chi connectivity index (χ0n) is 18.2. The summed E-state index contributed by atoms with van der Waals surface area (Å²) < 4.78 is 10.7. The number of fused-ring (bicyclic) bond motifs is 1. The van der Waals surface area contributed by atoms with Crippen LogP contribution in [0.15, 0.2) is 36.4 Å². The Morgan fingerprint density at radius 2 is 1.73 bits per heavy atom. The van der Waals surface area contributed by atoms with Crippen LogP contribution in [0.1, 0.15) is 50.9 Å². The summed E-state index contributed by atoms with van der Waals surface area (Å²) in [5.41, 5.74) is 0.983. The Labute approximate surface area is 177 Å². The zero-order chi connectivity index (χ0) is 22.1. The van der Waals surface area contributed by atoms with Crippen molar-refractivity contribution in [1.82, 2.24) is 4.90 Å². The third-order valence-electron chi connectivity index (χ3n) is 5.21. The fourth-order valence-corrected chi connectivity index (χ4v) is 3.69. The molecular formula is C23H28BNO5. The molecule has 0 bridgehead atoms. The molecule has 0 saturated carbocycles. The molecule has 0 N–H and O–H groups in total. The van der Waals surface area contributed by atoms with Gasteiger partial charge in [-0.3, -0.25) is 9.69 Å². The topological polar surface area (TPSA) is 72.9 Å². The maximum absolute atomic E-state index is 12.6. The molecule has 2 aromatic rings. The predicted octanol–water partition coefficient (Wildman–Crippen LogP) is 2.61. The molecule has 0 radical (unpaired) electrons. The number of likely N-dealkylation sites (tertiary alicyclic amines) is 1. The normalized spacial score (nSPS) is 19.0. The number of rotatable bonds is 4. The number of amides is 1. The van der Waals surface area contributed by atoms with Crippen molar-refractivity contribution in [1.29, 1.82) is 0 Å². The summed E-state index contributed by atoms with van der Waals surface area (Å²) in [6.45, 7) is 6.86. The molecule has 0 aromatic heterocycles. The Hall–Kier alpha value is -2.83. The molecule has 1 saturated heterocycles. The number of ether oxygens (including phenoxy) is 2. The Morgan fingerprint density at radius 3 is 2.43 bits per heavy atom. The number of hydrogen-bond acceptors (Lipinski definition) is 5. The first kappa shape index (κ1) is 21.9. The quantitative estimate of drug-likeness (QED) is 0.441. The highest BCUT2D eigenvalue weighted by Crippen LogP contribution is 2.27. The van der Waals surface area contributed by atoms with E-state index in [1.807, 2.05) is 33.0 Å². The van der Waals surface area contributed by atoms with Crippen molar-refractivity contribution in [3.8, 4) is 0 Å². The van der Waals surface area contributed by atoms with Gasteiger partial charge in [-0.25, -0.2) is 9.59 Å². The van der Waals surface area contributed by atoms with Gasteiger partial charge in [0.1, 0.15) is 19.5 Å². The summed E-state index contributed by atoms with van der Waals surface area (Å²) in [4.78, 5) is 39.1. The minimum absolute atomic E-state index is 0.128. The second-order valence-electron chi connectivity index (χ2n) is 8.93. The predicted molar refractivity (Wildman–Crippen MR) is 118 cm³/mol. The molecule has 158 valence electrons. The number of carbonyl (C=O) groups is 3. The molecule has 1 heterocycles. The smallest absolute Gasteiger partial charge is 0.411 e. The van der Waals surface area contributed by atoms with Gasteiger partial charge in [0.2, 0.25) is 0 Å². The standard InChI is InChI=1S/C23H28BNO5/c1-14-5-10-19(25(14)22(28)30-23(2,3)4)21(27)29-13-20(26)17-7-6-16-12-18(24)9-8-15(16)11-17/h6-9,11-12,14,19H,5,10,13,24H2,1-4H3/t14-,19-/m0/s1. The van der Waals surface area contributed by atoms with Gasteiger partial charge < -0.3 is 9.47 Å². The Morgan fingerprint density at radius 1 is 1.07 bits per heavy atom. The van der Waals surface area contributed by atoms with Crippen LogP contribution in [-0.4, -0.2) is 54.9 Å². The molecule has 1 aliphatic rings. The van der Waals surface area contributed by atoms with E-state index in [1.54, 1.807) is 32.9 Å². The van der Waals surface area contributed by atoms with Crippen LogP contribution in [-0.2, 0) is 14.3 Å². The van der Waals surface area contributed by atoms with Crippen LogP contribution in [0, 0.1) is 0 Å². The monoisotopic (exact) mass is 409 g/mol. The number of carbonyl (C=O) groups excluding carboxylic acids is 3. The van der Waals surface area contributed by atoms with Gasteiger partial charge in [-0.15, -0.1) is 0 Å². The zero-order valence-corrected chi connectivity index (χ0v) is 18.2. The fourth-order valence-electron chi connectivity index (χ4n) is 3.69. The van der Waals surface area contributed by atoms with E-state index in [0.29, 0.717) is 18.4 Å². The fraction of sp³-hybridized carbons (Fsp3) is 0.435. The average Bonchev–Trinajstić information content (AvgIpc) is 3.05. The lowest BCUT2D eigenvalue weighted by molar-refractivity contribution is -0.148. The van der Waals surface area contributed by atoms with Crippen LogP contribution in [0.2, 0.25) is 0 Å². The van der Waals surface area contributed by atoms with E-state index in [0.717, 1.165) is 16.2 Å². The largest absolute Gasteiger partial charge is 0.456 e. The van der Waals surface area contributed by atoms with Crippen molar-refractivity contribution < 1.29 is 23.9 Å². The van der Waals surface area contributed by atoms with E-state index < -0.39 is 23.7 Å². The van der Waals surface area contributed by atoms with Gasteiger partial charge in [-0.1, -0.05) is 35.8 Å². The summed E-state index contributed by atoms with van der Waals surface area (Å²) in [7, 11) is 2.02. The number of esters is 1. The van der Waals surface area contributed by atoms with Gasteiger partial charge in [0.15, 0.2) is 12.4 Å². The number of Topliss-reactive ketones (excluding diaryl/α,β-unsaturated/α-hetero) is 1. The van der Waals surface area contributed by atoms with Crippen molar-refractivity contribution in [3.63, 3.8) is 0 Å². The van der Waals surface area contributed by atoms with Crippen LogP contribution in [0.4, 0.5) is 4.79 Å². The molecule has 6 nitrogen and oxygen atoms in total. The van der Waals surface area contributed by atoms with Crippen molar-refractivity contribution >= 4 is 41.9 Å². The van der Waals surface area contributed by atoms with Gasteiger partial charge in [0.05, 0.1) is 0 Å². The molecule has 1 fully saturated rings. The molecule has 2 aromatic carbocycles. The van der Waals surface area contributed by atoms with Gasteiger partial charge in [-0.05, 0) is 57.4 Å². The van der Waals surface area contributed by atoms with Crippen LogP contribution in [0.3, 0.4) is 0 Å². The first-order valence-electron chi connectivity index (χ1n) is 10.3. The van der Waals surface area contributed by atoms with Gasteiger partial charge >= 0.3 is 12.1 Å². The molecule has 1 amide bonds. The minimum atomic E-state index is -0.734. The first-order valence-corrected chi connectivity index (χ1v) is 10.3. The lowest BCUT2D eigenvalue weighted by Gasteiger charge is -2.30. The SMILES string of the molecule is Bc1ccc2cc(C(=O)COC(=O)[C@@H]3CC[C@H](C)N3C(=O)OC(C)(C)C)ccc2c1. The number of nitrogens with zero attached hydrogens (tertiary/aromatic N) is 1. The molecule has 30 heavy (non-hydrogen) atoms. The summed E-state index contributed by atoms with van der Waals surface area (Å²) in [5.74, 6) is -0.851. The molecule has 1 aliphatic heterocycles. The van der Waals surface area contributed by atoms with E-state index in [9.17, 15) is 14.4 Å². The van der Waals surface area contributed by atoms with Crippen molar-refractivity contribution in [2.24, 2.45) is 0 Å². The highest BCUT2D eigenvalue weighted by Gasteiger charge is 2.42. The summed E-state index contributed by atoms with van der Waals surface area (Å²) in [5, 5.41) is 2.01. The Balaban J connectivity index is 1.64. The summed E-state index contributed by atoms with van der Waals surface area (Å²) in [6, 6.07) is 10.6. The van der Waals surface area contributed by atoms with E-state index in [-0.39, 0.29) is 18.4 Å². The maximum atomic E-state index is 12.6. The van der Waals surface area contributed by atoms with Crippen LogP contribution in [0.5, 0.6) is 0 Å². The highest BCUT2D eigenvalue weighted by molar-refractivity contribution is 6.33. The van der Waals surface area contributed by atoms with Gasteiger partial charge in [0, 0.05) is 11.6 Å². The second kappa shape index (κ2) is 8.50. The second-order valence-corrected chi connectivity index (χ2v) is 8.93. The number of ketones is 1. The molecule has 0 unspecified atom stereocenters. The first-order chi connectivity index (χ1) is 14.0. The lowest BCUT2D eigenvalue weighted by Crippen LogP contribution is -2.47. The Kier molecular flexibility index (Phi) is 6.20. The maximum Gasteiger partial charge on any atom is 0.411 e. The number of hydrogen-bond donors (Lipinski definition) is 0. The Bertz CT molecular complexity index is 981. The van der Waals surface area contributed by atoms with E-state index in [1.165, 1.54) is 4.90 Å². The average molecular weight is 409 g/mol. The minimum Gasteiger partial charge on any atom is -0.456 e. The van der Waals surface area contributed by atoms with Crippen LogP contribution >= 0.6 is 0 Å². The van der Waals surface area contributed by atoms with E-state index in [4.69, 9.17) is 9.47 Å². The van der Waals surface area contributed by atoms with E-state index in [2.05, 4.69) is 6.07 Å². The van der Waals surface area contributed by atoms with Crippen molar-refractivity contribution in [2.45, 2.75) is 58.2 Å². The molecule has 2 atom stereocenters. The van der Waals surface area contributed by atoms with Crippen molar-refractivity contribution in [2.75, 3.05) is 6.61 Å². The molecule has 0 spiro atoms. The molecule has 0 aliphatic carbocycles. The molecule has 3 rings (SSSR count). The third-order valence-corrected chi connectivity index (χ3v) is 5.21. The van der Waals surface area contributed by atoms with E-state index >= 15 is 0 Å². The molecular weight excluding hydrogens is 381 g/mol. The third kappa shape index (κ3) is 5.01. The summed E-state index contributed by atoms with van der Waals surface area (Å²) in [6.07, 6.45) is 0.630. The van der Waals surface area contributed by atoms with Gasteiger partial charge in [-0.2, -0.15) is 0 Å². The number of benzene rings is 2. The van der Waals surface area contributed by atoms with Crippen molar-refractivity contribution in [3.05, 3.63) is 42.0 Å².